The molecule has 0 bridgehead atoms. The highest BCUT2D eigenvalue weighted by Crippen LogP contribution is 2.29. The summed E-state index contributed by atoms with van der Waals surface area (Å²) in [6.45, 7) is 6.13. The lowest BCUT2D eigenvalue weighted by molar-refractivity contribution is 0.130. The SMILES string of the molecule is CC(C)(C)Oc1cccc(OC2CC2)c1. The van der Waals surface area contributed by atoms with Crippen LogP contribution in [-0.2, 0) is 0 Å². The van der Waals surface area contributed by atoms with Gasteiger partial charge in [-0.15, -0.1) is 0 Å². The summed E-state index contributed by atoms with van der Waals surface area (Å²) in [6.07, 6.45) is 2.81. The summed E-state index contributed by atoms with van der Waals surface area (Å²) in [5.74, 6) is 1.79. The highest BCUT2D eigenvalue weighted by molar-refractivity contribution is 5.33. The first-order valence-electron chi connectivity index (χ1n) is 5.49. The zero-order chi connectivity index (χ0) is 10.9. The molecule has 82 valence electrons. The van der Waals surface area contributed by atoms with E-state index >= 15 is 0 Å². The van der Waals surface area contributed by atoms with E-state index in [0.717, 1.165) is 11.5 Å². The molecular weight excluding hydrogens is 188 g/mol. The fourth-order valence-corrected chi connectivity index (χ4v) is 1.34. The van der Waals surface area contributed by atoms with E-state index in [1.807, 2.05) is 45.0 Å². The lowest BCUT2D eigenvalue weighted by Crippen LogP contribution is -2.22. The van der Waals surface area contributed by atoms with Gasteiger partial charge in [0.25, 0.3) is 0 Å². The average molecular weight is 206 g/mol. The van der Waals surface area contributed by atoms with Gasteiger partial charge in [0.2, 0.25) is 0 Å². The molecule has 2 heteroatoms. The fourth-order valence-electron chi connectivity index (χ4n) is 1.34. The Hall–Kier alpha value is -1.18. The summed E-state index contributed by atoms with van der Waals surface area (Å²) >= 11 is 0. The number of hydrogen-bond donors (Lipinski definition) is 0. The molecule has 0 aliphatic heterocycles. The van der Waals surface area contributed by atoms with Gasteiger partial charge < -0.3 is 9.47 Å². The second-order valence-electron chi connectivity index (χ2n) is 5.01. The summed E-state index contributed by atoms with van der Waals surface area (Å²) in [7, 11) is 0. The van der Waals surface area contributed by atoms with Gasteiger partial charge >= 0.3 is 0 Å². The van der Waals surface area contributed by atoms with Gasteiger partial charge in [0.1, 0.15) is 17.1 Å². The van der Waals surface area contributed by atoms with Gasteiger partial charge in [-0.2, -0.15) is 0 Å². The van der Waals surface area contributed by atoms with Crippen LogP contribution in [0, 0.1) is 0 Å². The van der Waals surface area contributed by atoms with Crippen LogP contribution in [0.25, 0.3) is 0 Å². The molecule has 15 heavy (non-hydrogen) atoms. The van der Waals surface area contributed by atoms with Crippen LogP contribution in [0.15, 0.2) is 24.3 Å². The Labute approximate surface area is 91.2 Å². The van der Waals surface area contributed by atoms with Crippen LogP contribution in [0.4, 0.5) is 0 Å². The van der Waals surface area contributed by atoms with Gasteiger partial charge in [0.15, 0.2) is 0 Å². The molecule has 0 unspecified atom stereocenters. The Kier molecular flexibility index (Phi) is 2.59. The fraction of sp³-hybridized carbons (Fsp3) is 0.538. The Morgan fingerprint density at radius 3 is 2.40 bits per heavy atom. The molecule has 1 aliphatic rings. The van der Waals surface area contributed by atoms with Gasteiger partial charge in [-0.3, -0.25) is 0 Å². The van der Waals surface area contributed by atoms with Crippen LogP contribution in [-0.4, -0.2) is 11.7 Å². The minimum absolute atomic E-state index is 0.155. The summed E-state index contributed by atoms with van der Waals surface area (Å²) in [5, 5.41) is 0. The molecule has 1 aliphatic carbocycles. The number of rotatable bonds is 3. The van der Waals surface area contributed by atoms with E-state index < -0.39 is 0 Å². The molecule has 0 radical (unpaired) electrons. The van der Waals surface area contributed by atoms with Crippen molar-refractivity contribution in [3.8, 4) is 11.5 Å². The molecule has 0 saturated heterocycles. The number of ether oxygens (including phenoxy) is 2. The maximum Gasteiger partial charge on any atom is 0.123 e. The average Bonchev–Trinajstić information content (AvgIpc) is 2.85. The predicted octanol–water partition coefficient (Wildman–Crippen LogP) is 3.41. The van der Waals surface area contributed by atoms with Crippen molar-refractivity contribution in [2.24, 2.45) is 0 Å². The maximum absolute atomic E-state index is 5.76. The normalized spacial score (nSPS) is 16.2. The van der Waals surface area contributed by atoms with E-state index in [-0.39, 0.29) is 5.60 Å². The number of hydrogen-bond acceptors (Lipinski definition) is 2. The van der Waals surface area contributed by atoms with Crippen molar-refractivity contribution in [2.45, 2.75) is 45.3 Å². The van der Waals surface area contributed by atoms with Crippen LogP contribution < -0.4 is 9.47 Å². The Bertz CT molecular complexity index is 335. The van der Waals surface area contributed by atoms with Crippen molar-refractivity contribution in [3.05, 3.63) is 24.3 Å². The molecule has 1 saturated carbocycles. The first-order valence-corrected chi connectivity index (χ1v) is 5.49. The molecule has 0 N–H and O–H groups in total. The van der Waals surface area contributed by atoms with Crippen molar-refractivity contribution >= 4 is 0 Å². The molecule has 1 aromatic carbocycles. The van der Waals surface area contributed by atoms with E-state index in [0.29, 0.717) is 6.10 Å². The van der Waals surface area contributed by atoms with Gasteiger partial charge in [-0.1, -0.05) is 6.07 Å². The molecule has 0 amide bonds. The standard InChI is InChI=1S/C13H18O2/c1-13(2,3)15-12-6-4-5-11(9-12)14-10-7-8-10/h4-6,9-10H,7-8H2,1-3H3. The third-order valence-corrected chi connectivity index (χ3v) is 2.06. The first kappa shape index (κ1) is 10.3. The molecular formula is C13H18O2. The Morgan fingerprint density at radius 1 is 1.13 bits per heavy atom. The molecule has 0 aromatic heterocycles. The summed E-state index contributed by atoms with van der Waals surface area (Å²) in [5.41, 5.74) is -0.155. The van der Waals surface area contributed by atoms with E-state index in [1.54, 1.807) is 0 Å². The third kappa shape index (κ3) is 3.46. The largest absolute Gasteiger partial charge is 0.490 e. The van der Waals surface area contributed by atoms with Crippen molar-refractivity contribution in [2.75, 3.05) is 0 Å². The topological polar surface area (TPSA) is 18.5 Å². The monoisotopic (exact) mass is 206 g/mol. The van der Waals surface area contributed by atoms with Gasteiger partial charge in [-0.05, 0) is 45.7 Å². The summed E-state index contributed by atoms with van der Waals surface area (Å²) < 4.78 is 11.5. The molecule has 2 nitrogen and oxygen atoms in total. The van der Waals surface area contributed by atoms with E-state index in [2.05, 4.69) is 0 Å². The molecule has 1 aromatic rings. The smallest absolute Gasteiger partial charge is 0.123 e. The second-order valence-corrected chi connectivity index (χ2v) is 5.01. The van der Waals surface area contributed by atoms with Crippen LogP contribution in [0.2, 0.25) is 0 Å². The van der Waals surface area contributed by atoms with E-state index in [9.17, 15) is 0 Å². The minimum atomic E-state index is -0.155. The van der Waals surface area contributed by atoms with Crippen molar-refractivity contribution in [3.63, 3.8) is 0 Å². The van der Waals surface area contributed by atoms with Crippen molar-refractivity contribution in [1.82, 2.24) is 0 Å². The second kappa shape index (κ2) is 3.76. The Morgan fingerprint density at radius 2 is 1.80 bits per heavy atom. The Balaban J connectivity index is 2.04. The predicted molar refractivity (Wildman–Crippen MR) is 60.5 cm³/mol. The third-order valence-electron chi connectivity index (χ3n) is 2.06. The molecule has 1 fully saturated rings. The van der Waals surface area contributed by atoms with Crippen LogP contribution in [0.3, 0.4) is 0 Å². The van der Waals surface area contributed by atoms with Crippen molar-refractivity contribution < 1.29 is 9.47 Å². The maximum atomic E-state index is 5.76. The van der Waals surface area contributed by atoms with Crippen LogP contribution >= 0.6 is 0 Å². The van der Waals surface area contributed by atoms with Crippen LogP contribution in [0.5, 0.6) is 11.5 Å². The first-order chi connectivity index (χ1) is 7.03. The molecule has 0 heterocycles. The highest BCUT2D eigenvalue weighted by Gasteiger charge is 2.23. The van der Waals surface area contributed by atoms with Crippen LogP contribution in [0.1, 0.15) is 33.6 Å². The summed E-state index contributed by atoms with van der Waals surface area (Å²) in [4.78, 5) is 0. The molecule has 0 atom stereocenters. The number of benzene rings is 1. The lowest BCUT2D eigenvalue weighted by atomic mass is 10.2. The van der Waals surface area contributed by atoms with E-state index in [1.165, 1.54) is 12.8 Å². The highest BCUT2D eigenvalue weighted by atomic mass is 16.5. The summed E-state index contributed by atoms with van der Waals surface area (Å²) in [6, 6.07) is 7.88. The lowest BCUT2D eigenvalue weighted by Gasteiger charge is -2.21. The van der Waals surface area contributed by atoms with Gasteiger partial charge in [0, 0.05) is 6.07 Å². The zero-order valence-electron chi connectivity index (χ0n) is 9.62. The van der Waals surface area contributed by atoms with Gasteiger partial charge in [-0.25, -0.2) is 0 Å². The zero-order valence-corrected chi connectivity index (χ0v) is 9.62. The van der Waals surface area contributed by atoms with Crippen molar-refractivity contribution in [1.29, 1.82) is 0 Å². The minimum Gasteiger partial charge on any atom is -0.490 e. The quantitative estimate of drug-likeness (QED) is 0.754. The van der Waals surface area contributed by atoms with Gasteiger partial charge in [0.05, 0.1) is 6.10 Å². The van der Waals surface area contributed by atoms with E-state index in [4.69, 9.17) is 9.47 Å². The molecule has 0 spiro atoms. The molecule has 2 rings (SSSR count).